The van der Waals surface area contributed by atoms with Crippen LogP contribution in [-0.4, -0.2) is 28.0 Å². The molecular weight excluding hydrogens is 339 g/mol. The van der Waals surface area contributed by atoms with E-state index in [-0.39, 0.29) is 11.0 Å². The zero-order chi connectivity index (χ0) is 18.3. The summed E-state index contributed by atoms with van der Waals surface area (Å²) in [6.07, 6.45) is 1.39. The molecule has 0 bridgehead atoms. The van der Waals surface area contributed by atoms with Crippen LogP contribution >= 0.6 is 0 Å². The molecule has 2 aromatic heterocycles. The van der Waals surface area contributed by atoms with Gasteiger partial charge in [0.05, 0.1) is 18.8 Å². The van der Waals surface area contributed by atoms with Gasteiger partial charge in [-0.2, -0.15) is 5.10 Å². The molecule has 2 heterocycles. The first-order valence-electron chi connectivity index (χ1n) is 7.71. The van der Waals surface area contributed by atoms with E-state index in [1.54, 1.807) is 31.4 Å². The van der Waals surface area contributed by atoms with Crippen LogP contribution < -0.4 is 16.0 Å². The molecule has 0 unspecified atom stereocenters. The molecular formula is C18H13FN4O3. The molecule has 0 saturated heterocycles. The average Bonchev–Trinajstić information content (AvgIpc) is 3.00. The third kappa shape index (κ3) is 2.57. The lowest BCUT2D eigenvalue weighted by atomic mass is 10.2. The van der Waals surface area contributed by atoms with Gasteiger partial charge in [-0.3, -0.25) is 4.79 Å². The summed E-state index contributed by atoms with van der Waals surface area (Å²) < 4.78 is 19.3. The monoisotopic (exact) mass is 352 g/mol. The molecule has 130 valence electrons. The zero-order valence-electron chi connectivity index (χ0n) is 13.6. The molecule has 0 aliphatic rings. The summed E-state index contributed by atoms with van der Waals surface area (Å²) in [6.45, 7) is 0. The summed E-state index contributed by atoms with van der Waals surface area (Å²) in [6, 6.07) is 11.0. The molecule has 2 N–H and O–H groups in total. The van der Waals surface area contributed by atoms with Crippen molar-refractivity contribution in [3.05, 3.63) is 74.7 Å². The number of methoxy groups -OCH3 is 1. The maximum Gasteiger partial charge on any atom is 0.350 e. The van der Waals surface area contributed by atoms with Gasteiger partial charge in [0, 0.05) is 10.9 Å². The number of hydrogen-bond acceptors (Lipinski definition) is 4. The Kier molecular flexibility index (Phi) is 3.65. The Hall–Kier alpha value is -3.68. The molecule has 26 heavy (non-hydrogen) atoms. The maximum atomic E-state index is 13.5. The van der Waals surface area contributed by atoms with Crippen LogP contribution in [0.1, 0.15) is 5.56 Å². The van der Waals surface area contributed by atoms with Gasteiger partial charge < -0.3 is 14.7 Å². The molecule has 0 aliphatic carbocycles. The minimum Gasteiger partial charge on any atom is -0.497 e. The number of fused-ring (bicyclic) bond motifs is 3. The Labute approximate surface area is 145 Å². The molecule has 4 aromatic rings. The second-order valence-electron chi connectivity index (χ2n) is 5.63. The number of ether oxygens (including phenoxy) is 1. The Morgan fingerprint density at radius 2 is 1.85 bits per heavy atom. The quantitative estimate of drug-likeness (QED) is 0.554. The van der Waals surface area contributed by atoms with E-state index in [1.807, 2.05) is 0 Å². The highest BCUT2D eigenvalue weighted by atomic mass is 19.1. The van der Waals surface area contributed by atoms with Gasteiger partial charge in [0.1, 0.15) is 17.1 Å². The first-order valence-corrected chi connectivity index (χ1v) is 7.71. The van der Waals surface area contributed by atoms with Crippen molar-refractivity contribution < 1.29 is 9.13 Å². The molecule has 2 aromatic carbocycles. The largest absolute Gasteiger partial charge is 0.497 e. The molecule has 0 atom stereocenters. The number of nitrogens with zero attached hydrogens (tertiary/aromatic N) is 2. The minimum atomic E-state index is -0.711. The van der Waals surface area contributed by atoms with E-state index in [1.165, 1.54) is 24.4 Å². The zero-order valence-corrected chi connectivity index (χ0v) is 13.6. The molecule has 0 spiro atoms. The van der Waals surface area contributed by atoms with Gasteiger partial charge in [-0.05, 0) is 48.0 Å². The van der Waals surface area contributed by atoms with Crippen molar-refractivity contribution in [3.8, 4) is 5.75 Å². The molecule has 0 saturated carbocycles. The summed E-state index contributed by atoms with van der Waals surface area (Å²) >= 11 is 0. The first kappa shape index (κ1) is 15.8. The number of halogens is 1. The maximum absolute atomic E-state index is 13.5. The van der Waals surface area contributed by atoms with Gasteiger partial charge >= 0.3 is 11.2 Å². The van der Waals surface area contributed by atoms with Crippen LogP contribution in [0.5, 0.6) is 5.75 Å². The molecule has 7 nitrogen and oxygen atoms in total. The average molecular weight is 352 g/mol. The fourth-order valence-electron chi connectivity index (χ4n) is 2.73. The van der Waals surface area contributed by atoms with Crippen LogP contribution in [0, 0.1) is 5.82 Å². The standard InChI is InChI=1S/C18H13FN4O3/c1-26-12-5-2-10(3-6-12)9-20-23-17(24)16-15(22-18(23)25)13-8-11(19)4-7-14(13)21-16/h2-9,21H,1H3,(H,22,25)/b20-9-. The predicted octanol–water partition coefficient (Wildman–Crippen LogP) is 2.20. The van der Waals surface area contributed by atoms with Crippen molar-refractivity contribution in [1.29, 1.82) is 0 Å². The number of aromatic nitrogens is 3. The lowest BCUT2D eigenvalue weighted by molar-refractivity contribution is 0.415. The highest BCUT2D eigenvalue weighted by Crippen LogP contribution is 2.21. The van der Waals surface area contributed by atoms with Crippen molar-refractivity contribution >= 4 is 28.2 Å². The van der Waals surface area contributed by atoms with Gasteiger partial charge in [0.25, 0.3) is 0 Å². The Balaban J connectivity index is 1.85. The van der Waals surface area contributed by atoms with Crippen LogP contribution in [0.2, 0.25) is 0 Å². The van der Waals surface area contributed by atoms with Crippen molar-refractivity contribution in [2.24, 2.45) is 5.10 Å². The van der Waals surface area contributed by atoms with Crippen molar-refractivity contribution in [2.75, 3.05) is 7.11 Å². The smallest absolute Gasteiger partial charge is 0.350 e. The summed E-state index contributed by atoms with van der Waals surface area (Å²) in [5, 5.41) is 4.40. The highest BCUT2D eigenvalue weighted by molar-refractivity contribution is 6.04. The third-order valence-electron chi connectivity index (χ3n) is 4.03. The summed E-state index contributed by atoms with van der Waals surface area (Å²) in [7, 11) is 1.56. The van der Waals surface area contributed by atoms with Gasteiger partial charge in [-0.25, -0.2) is 9.18 Å². The van der Waals surface area contributed by atoms with Gasteiger partial charge in [0.2, 0.25) is 0 Å². The molecule has 0 fully saturated rings. The second kappa shape index (κ2) is 5.99. The van der Waals surface area contributed by atoms with E-state index < -0.39 is 17.1 Å². The van der Waals surface area contributed by atoms with E-state index in [0.29, 0.717) is 22.2 Å². The second-order valence-corrected chi connectivity index (χ2v) is 5.63. The molecule has 0 radical (unpaired) electrons. The summed E-state index contributed by atoms with van der Waals surface area (Å²) in [4.78, 5) is 30.4. The third-order valence-corrected chi connectivity index (χ3v) is 4.03. The lowest BCUT2D eigenvalue weighted by Crippen LogP contribution is -2.32. The molecule has 4 rings (SSSR count). The number of hydrogen-bond donors (Lipinski definition) is 2. The van der Waals surface area contributed by atoms with E-state index in [0.717, 1.165) is 4.68 Å². The van der Waals surface area contributed by atoms with E-state index in [9.17, 15) is 14.0 Å². The number of nitrogens with one attached hydrogen (secondary N) is 2. The van der Waals surface area contributed by atoms with Gasteiger partial charge in [-0.1, -0.05) is 0 Å². The highest BCUT2D eigenvalue weighted by Gasteiger charge is 2.13. The van der Waals surface area contributed by atoms with Crippen LogP contribution in [-0.2, 0) is 0 Å². The Bertz CT molecular complexity index is 1270. The van der Waals surface area contributed by atoms with E-state index in [2.05, 4.69) is 15.1 Å². The lowest BCUT2D eigenvalue weighted by Gasteiger charge is -2.00. The van der Waals surface area contributed by atoms with Gasteiger partial charge in [-0.15, -0.1) is 4.68 Å². The molecule has 0 aliphatic heterocycles. The molecule has 8 heteroatoms. The predicted molar refractivity (Wildman–Crippen MR) is 96.6 cm³/mol. The number of benzene rings is 2. The molecule has 0 amide bonds. The summed E-state index contributed by atoms with van der Waals surface area (Å²) in [5.41, 5.74) is 0.312. The Morgan fingerprint density at radius 3 is 2.58 bits per heavy atom. The van der Waals surface area contributed by atoms with Crippen LogP contribution in [0.3, 0.4) is 0 Å². The number of rotatable bonds is 3. The van der Waals surface area contributed by atoms with Crippen LogP contribution in [0.4, 0.5) is 4.39 Å². The minimum absolute atomic E-state index is 0.150. The van der Waals surface area contributed by atoms with Crippen molar-refractivity contribution in [1.82, 2.24) is 14.6 Å². The normalized spacial score (nSPS) is 11.6. The fourth-order valence-corrected chi connectivity index (χ4v) is 2.73. The Morgan fingerprint density at radius 1 is 1.08 bits per heavy atom. The van der Waals surface area contributed by atoms with E-state index >= 15 is 0 Å². The summed E-state index contributed by atoms with van der Waals surface area (Å²) in [5.74, 6) is 0.227. The van der Waals surface area contributed by atoms with Crippen molar-refractivity contribution in [2.45, 2.75) is 0 Å². The fraction of sp³-hybridized carbons (Fsp3) is 0.0556. The van der Waals surface area contributed by atoms with Crippen molar-refractivity contribution in [3.63, 3.8) is 0 Å². The van der Waals surface area contributed by atoms with Gasteiger partial charge in [0.15, 0.2) is 0 Å². The SMILES string of the molecule is COc1ccc(/C=N\n2c(=O)[nH]c3c([nH]c4ccc(F)cc43)c2=O)cc1. The van der Waals surface area contributed by atoms with Crippen LogP contribution in [0.15, 0.2) is 57.2 Å². The van der Waals surface area contributed by atoms with E-state index in [4.69, 9.17) is 4.74 Å². The first-order chi connectivity index (χ1) is 12.6. The van der Waals surface area contributed by atoms with Crippen LogP contribution in [0.25, 0.3) is 21.9 Å². The topological polar surface area (TPSA) is 92.2 Å². The number of H-pyrrole nitrogens is 2. The number of aromatic amines is 2.